The van der Waals surface area contributed by atoms with Crippen molar-refractivity contribution in [1.82, 2.24) is 15.5 Å². The van der Waals surface area contributed by atoms with Crippen LogP contribution in [0.5, 0.6) is 0 Å². The molecule has 1 aromatic rings. The number of hydrogen-bond donors (Lipinski definition) is 3. The molecule has 0 spiro atoms. The van der Waals surface area contributed by atoms with Crippen molar-refractivity contribution in [1.29, 1.82) is 0 Å². The van der Waals surface area contributed by atoms with Crippen molar-refractivity contribution in [3.8, 4) is 0 Å². The maximum Gasteiger partial charge on any atom is 0.408 e. The van der Waals surface area contributed by atoms with E-state index < -0.39 is 41.6 Å². The van der Waals surface area contributed by atoms with Crippen LogP contribution < -0.4 is 10.6 Å². The molecule has 0 aliphatic rings. The monoisotopic (exact) mass is 579 g/mol. The molecule has 0 saturated heterocycles. The van der Waals surface area contributed by atoms with Gasteiger partial charge in [-0.05, 0) is 83.9 Å². The number of carbonyl (C=O) groups excluding carboxylic acids is 4. The number of amides is 3. The van der Waals surface area contributed by atoms with E-state index in [2.05, 4.69) is 37.1 Å². The summed E-state index contributed by atoms with van der Waals surface area (Å²) in [6.45, 7) is 17.2. The van der Waals surface area contributed by atoms with Crippen molar-refractivity contribution in [3.63, 3.8) is 0 Å². The third kappa shape index (κ3) is 11.4. The molecule has 2 N–H and O–H groups in total. The number of nitrogens with one attached hydrogen (secondary N) is 2. The van der Waals surface area contributed by atoms with Gasteiger partial charge in [-0.1, -0.05) is 32.0 Å². The molecule has 1 aromatic carbocycles. The Hall–Kier alpha value is -2.75. The van der Waals surface area contributed by atoms with Crippen LogP contribution in [0, 0.1) is 19.8 Å². The van der Waals surface area contributed by atoms with Gasteiger partial charge in [0.2, 0.25) is 11.8 Å². The fourth-order valence-electron chi connectivity index (χ4n) is 4.40. The van der Waals surface area contributed by atoms with Gasteiger partial charge < -0.3 is 25.0 Å². The van der Waals surface area contributed by atoms with Crippen LogP contribution in [0.1, 0.15) is 90.5 Å². The van der Waals surface area contributed by atoms with E-state index in [9.17, 15) is 19.2 Å². The lowest BCUT2D eigenvalue weighted by atomic mass is 9.91. The first-order chi connectivity index (χ1) is 18.6. The second-order valence-electron chi connectivity index (χ2n) is 11.5. The molecule has 40 heavy (non-hydrogen) atoms. The molecule has 0 aliphatic carbocycles. The van der Waals surface area contributed by atoms with Crippen LogP contribution >= 0.6 is 12.6 Å². The molecule has 0 bridgehead atoms. The lowest BCUT2D eigenvalue weighted by Gasteiger charge is -2.39. The Morgan fingerprint density at radius 3 is 2.12 bits per heavy atom. The second-order valence-corrected chi connectivity index (χ2v) is 11.9. The summed E-state index contributed by atoms with van der Waals surface area (Å²) in [5.74, 6) is -0.875. The first-order valence-corrected chi connectivity index (χ1v) is 14.7. The maximum absolute atomic E-state index is 14.2. The molecule has 0 saturated carbocycles. The number of hydrogen-bond acceptors (Lipinski definition) is 7. The highest BCUT2D eigenvalue weighted by Gasteiger charge is 2.39. The number of thiol groups is 1. The Labute approximate surface area is 245 Å². The van der Waals surface area contributed by atoms with Crippen molar-refractivity contribution in [3.05, 3.63) is 34.9 Å². The van der Waals surface area contributed by atoms with E-state index in [0.29, 0.717) is 17.9 Å². The molecular formula is C30H49N3O6S. The topological polar surface area (TPSA) is 114 Å². The fourth-order valence-corrected chi connectivity index (χ4v) is 4.65. The van der Waals surface area contributed by atoms with Gasteiger partial charge in [0.15, 0.2) is 0 Å². The van der Waals surface area contributed by atoms with E-state index >= 15 is 0 Å². The van der Waals surface area contributed by atoms with Crippen LogP contribution in [0.25, 0.3) is 0 Å². The lowest BCUT2D eigenvalue weighted by Crippen LogP contribution is -2.56. The summed E-state index contributed by atoms with van der Waals surface area (Å²) in [5.41, 5.74) is 1.65. The lowest BCUT2D eigenvalue weighted by molar-refractivity contribution is -0.145. The first kappa shape index (κ1) is 35.3. The van der Waals surface area contributed by atoms with Crippen LogP contribution in [-0.2, 0) is 23.9 Å². The summed E-state index contributed by atoms with van der Waals surface area (Å²) in [4.78, 5) is 54.2. The molecule has 1 rings (SSSR count). The third-order valence-corrected chi connectivity index (χ3v) is 6.70. The zero-order valence-electron chi connectivity index (χ0n) is 25.6. The normalized spacial score (nSPS) is 13.7. The van der Waals surface area contributed by atoms with E-state index in [4.69, 9.17) is 9.47 Å². The van der Waals surface area contributed by atoms with Gasteiger partial charge in [-0.25, -0.2) is 4.79 Å². The van der Waals surface area contributed by atoms with Gasteiger partial charge in [-0.3, -0.25) is 14.4 Å². The summed E-state index contributed by atoms with van der Waals surface area (Å²) in [5, 5.41) is 5.49. The Morgan fingerprint density at radius 1 is 1.02 bits per heavy atom. The van der Waals surface area contributed by atoms with Gasteiger partial charge in [0.1, 0.15) is 17.7 Å². The number of esters is 1. The van der Waals surface area contributed by atoms with Crippen LogP contribution in [0.15, 0.2) is 18.2 Å². The minimum absolute atomic E-state index is 0.00929. The molecule has 9 nitrogen and oxygen atoms in total. The summed E-state index contributed by atoms with van der Waals surface area (Å²) >= 11 is 4.37. The Morgan fingerprint density at radius 2 is 1.62 bits per heavy atom. The highest BCUT2D eigenvalue weighted by molar-refractivity contribution is 7.80. The number of aryl methyl sites for hydroxylation is 2. The van der Waals surface area contributed by atoms with Crippen molar-refractivity contribution in [2.75, 3.05) is 18.9 Å². The van der Waals surface area contributed by atoms with Crippen molar-refractivity contribution in [2.45, 2.75) is 105 Å². The molecule has 10 heteroatoms. The largest absolute Gasteiger partial charge is 0.466 e. The highest BCUT2D eigenvalue weighted by Crippen LogP contribution is 2.31. The Balaban J connectivity index is 3.57. The minimum Gasteiger partial charge on any atom is -0.466 e. The molecule has 3 amide bonds. The molecule has 0 radical (unpaired) electrons. The molecule has 226 valence electrons. The SMILES string of the molecule is CCOC(=O)CCNC(=O)C(c1c(C)cccc1C)N(C(=O)C(CS)NC(=O)OC(C)(C)C)C(C)CCC(C)C. The molecule has 0 aromatic heterocycles. The zero-order valence-corrected chi connectivity index (χ0v) is 26.5. The van der Waals surface area contributed by atoms with E-state index in [1.54, 1.807) is 32.6 Å². The fraction of sp³-hybridized carbons (Fsp3) is 0.667. The van der Waals surface area contributed by atoms with Crippen LogP contribution in [-0.4, -0.2) is 65.4 Å². The quantitative estimate of drug-likeness (QED) is 0.214. The standard InChI is InChI=1S/C30H49N3O6S/c1-10-38-24(34)16-17-31-27(35)26(25-20(4)12-11-13-21(25)5)33(22(6)15-14-19(2)3)28(36)23(18-40)32-29(37)39-30(7,8)9/h11-13,19,22-23,26,40H,10,14-18H2,1-9H3,(H,31,35)(H,32,37). The van der Waals surface area contributed by atoms with Gasteiger partial charge in [-0.15, -0.1) is 0 Å². The van der Waals surface area contributed by atoms with Crippen molar-refractivity contribution in [2.24, 2.45) is 5.92 Å². The Kier molecular flexibility index (Phi) is 14.6. The van der Waals surface area contributed by atoms with Crippen LogP contribution in [0.3, 0.4) is 0 Å². The first-order valence-electron chi connectivity index (χ1n) is 14.0. The average Bonchev–Trinajstić information content (AvgIpc) is 2.83. The zero-order chi connectivity index (χ0) is 30.6. The van der Waals surface area contributed by atoms with E-state index in [1.807, 2.05) is 39.0 Å². The minimum atomic E-state index is -1.03. The van der Waals surface area contributed by atoms with Crippen molar-refractivity contribution >= 4 is 36.5 Å². The van der Waals surface area contributed by atoms with Gasteiger partial charge in [0.05, 0.1) is 13.0 Å². The second kappa shape index (κ2) is 16.5. The number of carbonyl (C=O) groups is 4. The van der Waals surface area contributed by atoms with E-state index in [-0.39, 0.29) is 31.4 Å². The van der Waals surface area contributed by atoms with Gasteiger partial charge in [-0.2, -0.15) is 12.6 Å². The van der Waals surface area contributed by atoms with E-state index in [0.717, 1.165) is 17.5 Å². The molecular weight excluding hydrogens is 530 g/mol. The smallest absolute Gasteiger partial charge is 0.408 e. The summed E-state index contributed by atoms with van der Waals surface area (Å²) in [6, 6.07) is 3.33. The average molecular weight is 580 g/mol. The molecule has 0 heterocycles. The van der Waals surface area contributed by atoms with Crippen LogP contribution in [0.4, 0.5) is 4.79 Å². The predicted molar refractivity (Wildman–Crippen MR) is 160 cm³/mol. The van der Waals surface area contributed by atoms with E-state index in [1.165, 1.54) is 0 Å². The van der Waals surface area contributed by atoms with Gasteiger partial charge in [0, 0.05) is 18.3 Å². The number of ether oxygens (including phenoxy) is 2. The number of benzene rings is 1. The summed E-state index contributed by atoms with van der Waals surface area (Å²) in [7, 11) is 0. The van der Waals surface area contributed by atoms with Crippen LogP contribution in [0.2, 0.25) is 0 Å². The number of nitrogens with zero attached hydrogens (tertiary/aromatic N) is 1. The predicted octanol–water partition coefficient (Wildman–Crippen LogP) is 4.89. The summed E-state index contributed by atoms with van der Waals surface area (Å²) < 4.78 is 10.4. The number of rotatable bonds is 14. The molecule has 3 unspecified atom stereocenters. The van der Waals surface area contributed by atoms with Crippen molar-refractivity contribution < 1.29 is 28.7 Å². The molecule has 3 atom stereocenters. The molecule has 0 aliphatic heterocycles. The highest BCUT2D eigenvalue weighted by atomic mass is 32.1. The summed E-state index contributed by atoms with van der Waals surface area (Å²) in [6.07, 6.45) is 0.749. The maximum atomic E-state index is 14.2. The van der Waals surface area contributed by atoms with Gasteiger partial charge in [0.25, 0.3) is 0 Å². The third-order valence-electron chi connectivity index (χ3n) is 6.34. The number of alkyl carbamates (subject to hydrolysis) is 1. The van der Waals surface area contributed by atoms with Gasteiger partial charge >= 0.3 is 12.1 Å². The molecule has 0 fully saturated rings. The Bertz CT molecular complexity index is 987.